The largest absolute Gasteiger partial charge is 0.397 e. The first kappa shape index (κ1) is 24.7. The van der Waals surface area contributed by atoms with Gasteiger partial charge in [0.15, 0.2) is 12.4 Å². The molecule has 2 aliphatic rings. The highest BCUT2D eigenvalue weighted by atomic mass is 32.3. The lowest BCUT2D eigenvalue weighted by atomic mass is 9.93. The average Bonchev–Trinajstić information content (AvgIpc) is 2.63. The van der Waals surface area contributed by atoms with Gasteiger partial charge in [-0.3, -0.25) is 4.55 Å². The minimum atomic E-state index is -4.79. The Bertz CT molecular complexity index is 621. The molecule has 2 rings (SSSR count). The van der Waals surface area contributed by atoms with E-state index in [4.69, 9.17) is 34.5 Å². The Morgan fingerprint density at radius 3 is 2.24 bits per heavy atom. The molecule has 2 heterocycles. The van der Waals surface area contributed by atoms with Crippen molar-refractivity contribution in [3.63, 3.8) is 0 Å². The highest BCUT2D eigenvalue weighted by molar-refractivity contribution is 7.80. The van der Waals surface area contributed by atoms with Gasteiger partial charge in [0.1, 0.15) is 30.5 Å². The molecule has 0 saturated carbocycles. The Hall–Kier alpha value is -0.530. The van der Waals surface area contributed by atoms with Gasteiger partial charge in [0.25, 0.3) is 0 Å². The summed E-state index contributed by atoms with van der Waals surface area (Å²) in [5.41, 5.74) is 5.88. The highest BCUT2D eigenvalue weighted by Gasteiger charge is 2.51. The Morgan fingerprint density at radius 2 is 1.69 bits per heavy atom. The lowest BCUT2D eigenvalue weighted by Crippen LogP contribution is -2.65. The summed E-state index contributed by atoms with van der Waals surface area (Å²) in [5, 5.41) is 33.2. The monoisotopic (exact) mass is 449 g/mol. The second-order valence-electron chi connectivity index (χ2n) is 6.80. The molecule has 0 aliphatic carbocycles. The molecule has 2 saturated heterocycles. The SMILES string of the molecule is CO[C@@H]1C(C)O[C@@H](O[C@@H]2C(COS(=O)(=O)O)O[C@H](C)C(N)[C@H]2O)C(OOO)[C@@H]1O. The molecule has 0 bridgehead atoms. The van der Waals surface area contributed by atoms with Gasteiger partial charge in [-0.05, 0) is 13.8 Å². The number of hydrogen-bond donors (Lipinski definition) is 5. The molecule has 0 spiro atoms. The lowest BCUT2D eigenvalue weighted by Gasteiger charge is -2.46. The molecule has 15 heteroatoms. The van der Waals surface area contributed by atoms with Gasteiger partial charge in [-0.25, -0.2) is 9.44 Å². The van der Waals surface area contributed by atoms with Crippen molar-refractivity contribution >= 4 is 10.4 Å². The summed E-state index contributed by atoms with van der Waals surface area (Å²) in [5.74, 6) is 0. The maximum Gasteiger partial charge on any atom is 0.397 e. The molecule has 0 aromatic heterocycles. The smallest absolute Gasteiger partial charge is 0.389 e. The fourth-order valence-corrected chi connectivity index (χ4v) is 3.66. The molecule has 10 atom stereocenters. The van der Waals surface area contributed by atoms with Crippen molar-refractivity contribution in [2.75, 3.05) is 13.7 Å². The summed E-state index contributed by atoms with van der Waals surface area (Å²) in [6.45, 7) is 2.41. The summed E-state index contributed by atoms with van der Waals surface area (Å²) in [6.07, 6.45) is -10.4. The molecule has 29 heavy (non-hydrogen) atoms. The molecule has 0 aromatic carbocycles. The normalized spacial score (nSPS) is 44.0. The maximum absolute atomic E-state index is 10.9. The van der Waals surface area contributed by atoms with E-state index in [0.29, 0.717) is 0 Å². The second kappa shape index (κ2) is 10.2. The highest BCUT2D eigenvalue weighted by Crippen LogP contribution is 2.30. The van der Waals surface area contributed by atoms with Crippen molar-refractivity contribution in [1.82, 2.24) is 0 Å². The van der Waals surface area contributed by atoms with Crippen LogP contribution in [-0.2, 0) is 43.5 Å². The first-order valence-corrected chi connectivity index (χ1v) is 10.1. The standard InChI is InChI=1S/C14H27NO13S/c1-5-8(15)9(16)12(7(24-5)4-23-29(19,20)21)26-14-13(27-28-18)10(17)11(22-3)6(2)25-14/h5-14,16-18H,4,15H2,1-3H3,(H,19,20,21)/t5-,6?,7?,8?,9-,10-,11-,12-,13?,14+/m1/s1. The van der Waals surface area contributed by atoms with Crippen LogP contribution in [0.3, 0.4) is 0 Å². The second-order valence-corrected chi connectivity index (χ2v) is 7.89. The summed E-state index contributed by atoms with van der Waals surface area (Å²) in [4.78, 5) is 4.62. The molecule has 0 aromatic rings. The van der Waals surface area contributed by atoms with E-state index in [1.807, 2.05) is 0 Å². The average molecular weight is 449 g/mol. The van der Waals surface area contributed by atoms with E-state index < -0.39 is 78.2 Å². The number of rotatable bonds is 8. The zero-order valence-electron chi connectivity index (χ0n) is 15.9. The third-order valence-corrected chi connectivity index (χ3v) is 5.31. The van der Waals surface area contributed by atoms with E-state index >= 15 is 0 Å². The topological polar surface area (TPSA) is 206 Å². The Morgan fingerprint density at radius 1 is 1.03 bits per heavy atom. The van der Waals surface area contributed by atoms with Gasteiger partial charge in [0.05, 0.1) is 24.9 Å². The number of aliphatic hydroxyl groups excluding tert-OH is 2. The van der Waals surface area contributed by atoms with E-state index in [1.54, 1.807) is 13.8 Å². The van der Waals surface area contributed by atoms with E-state index in [9.17, 15) is 18.6 Å². The van der Waals surface area contributed by atoms with Gasteiger partial charge in [0, 0.05) is 7.11 Å². The number of hydrogen-bond acceptors (Lipinski definition) is 13. The van der Waals surface area contributed by atoms with E-state index in [2.05, 4.69) is 14.1 Å². The molecular weight excluding hydrogens is 422 g/mol. The molecule has 172 valence electrons. The molecule has 2 aliphatic heterocycles. The summed E-state index contributed by atoms with van der Waals surface area (Å²) in [6, 6.07) is -0.923. The fourth-order valence-electron chi connectivity index (χ4n) is 3.36. The molecule has 14 nitrogen and oxygen atoms in total. The first-order chi connectivity index (χ1) is 13.5. The molecule has 2 fully saturated rings. The zero-order valence-corrected chi connectivity index (χ0v) is 16.7. The van der Waals surface area contributed by atoms with Gasteiger partial charge in [0.2, 0.25) is 0 Å². The lowest BCUT2D eigenvalue weighted by molar-refractivity contribution is -0.533. The zero-order chi connectivity index (χ0) is 21.9. The van der Waals surface area contributed by atoms with Crippen LogP contribution < -0.4 is 5.73 Å². The van der Waals surface area contributed by atoms with Crippen LogP contribution in [0.1, 0.15) is 13.8 Å². The number of aliphatic hydroxyl groups is 2. The first-order valence-electron chi connectivity index (χ1n) is 8.69. The molecule has 0 radical (unpaired) electrons. The number of ether oxygens (including phenoxy) is 4. The van der Waals surface area contributed by atoms with Crippen LogP contribution in [0.25, 0.3) is 0 Å². The Balaban J connectivity index is 2.22. The molecule has 6 N–H and O–H groups in total. The van der Waals surface area contributed by atoms with Crippen LogP contribution in [0, 0.1) is 0 Å². The molecular formula is C14H27NO13S. The van der Waals surface area contributed by atoms with E-state index in [1.165, 1.54) is 7.11 Å². The van der Waals surface area contributed by atoms with Gasteiger partial charge < -0.3 is 34.9 Å². The minimum absolute atomic E-state index is 0.703. The third-order valence-electron chi connectivity index (χ3n) is 4.88. The van der Waals surface area contributed by atoms with Crippen molar-refractivity contribution in [3.05, 3.63) is 0 Å². The fraction of sp³-hybridized carbons (Fsp3) is 1.00. The van der Waals surface area contributed by atoms with Crippen LogP contribution in [0.4, 0.5) is 0 Å². The van der Waals surface area contributed by atoms with Crippen LogP contribution >= 0.6 is 0 Å². The van der Waals surface area contributed by atoms with E-state index in [0.717, 1.165) is 0 Å². The van der Waals surface area contributed by atoms with Crippen LogP contribution in [0.15, 0.2) is 0 Å². The van der Waals surface area contributed by atoms with Crippen LogP contribution in [0.5, 0.6) is 0 Å². The van der Waals surface area contributed by atoms with Crippen molar-refractivity contribution in [1.29, 1.82) is 0 Å². The number of methoxy groups -OCH3 is 1. The molecule has 4 unspecified atom stereocenters. The van der Waals surface area contributed by atoms with Gasteiger partial charge >= 0.3 is 10.4 Å². The van der Waals surface area contributed by atoms with Crippen molar-refractivity contribution < 1.29 is 61.5 Å². The van der Waals surface area contributed by atoms with Gasteiger partial charge in [-0.1, -0.05) is 5.04 Å². The van der Waals surface area contributed by atoms with Crippen LogP contribution in [-0.4, -0.2) is 103 Å². The van der Waals surface area contributed by atoms with Crippen molar-refractivity contribution in [3.8, 4) is 0 Å². The van der Waals surface area contributed by atoms with Crippen molar-refractivity contribution in [2.45, 2.75) is 75.0 Å². The minimum Gasteiger partial charge on any atom is -0.389 e. The summed E-state index contributed by atoms with van der Waals surface area (Å²) in [7, 11) is -3.46. The predicted octanol–water partition coefficient (Wildman–Crippen LogP) is -2.42. The predicted molar refractivity (Wildman–Crippen MR) is 90.4 cm³/mol. The van der Waals surface area contributed by atoms with Gasteiger partial charge in [-0.2, -0.15) is 13.3 Å². The Labute approximate surface area is 167 Å². The Kier molecular flexibility index (Phi) is 8.69. The third kappa shape index (κ3) is 6.01. The maximum atomic E-state index is 10.9. The summed E-state index contributed by atoms with van der Waals surface area (Å²) >= 11 is 0. The number of nitrogens with two attached hydrogens (primary N) is 1. The molecule has 0 amide bonds. The van der Waals surface area contributed by atoms with Crippen molar-refractivity contribution in [2.24, 2.45) is 5.73 Å². The van der Waals surface area contributed by atoms with Gasteiger partial charge in [-0.15, -0.1) is 0 Å². The van der Waals surface area contributed by atoms with Crippen LogP contribution in [0.2, 0.25) is 0 Å². The summed E-state index contributed by atoms with van der Waals surface area (Å²) < 4.78 is 56.9. The quantitative estimate of drug-likeness (QED) is 0.148. The van der Waals surface area contributed by atoms with E-state index in [-0.39, 0.29) is 0 Å².